The Labute approximate surface area is 142 Å². The molecule has 0 heterocycles. The molecule has 0 bridgehead atoms. The summed E-state index contributed by atoms with van der Waals surface area (Å²) < 4.78 is 5.47. The number of para-hydroxylation sites is 1. The van der Waals surface area contributed by atoms with E-state index >= 15 is 0 Å². The summed E-state index contributed by atoms with van der Waals surface area (Å²) in [5.41, 5.74) is 0.997. The number of carbonyl (C=O) groups is 1. The van der Waals surface area contributed by atoms with Gasteiger partial charge in [0, 0.05) is 19.6 Å². The summed E-state index contributed by atoms with van der Waals surface area (Å²) in [6.45, 7) is 1.78. The molecule has 0 saturated heterocycles. The van der Waals surface area contributed by atoms with Crippen molar-refractivity contribution in [2.24, 2.45) is 0 Å². The summed E-state index contributed by atoms with van der Waals surface area (Å²) in [4.78, 5) is 11.8. The third-order valence-corrected chi connectivity index (χ3v) is 3.40. The smallest absolute Gasteiger partial charge is 0.224 e. The number of aliphatic hydroxyl groups excluding tert-OH is 1. The lowest BCUT2D eigenvalue weighted by Crippen LogP contribution is -2.37. The van der Waals surface area contributed by atoms with Crippen LogP contribution in [0.2, 0.25) is 0 Å². The molecule has 2 aromatic rings. The molecule has 5 heteroatoms. The summed E-state index contributed by atoms with van der Waals surface area (Å²) in [5.74, 6) is 0.737. The fourth-order valence-corrected chi connectivity index (χ4v) is 2.17. The first-order chi connectivity index (χ1) is 11.7. The van der Waals surface area contributed by atoms with Crippen molar-refractivity contribution in [2.45, 2.75) is 12.5 Å². The van der Waals surface area contributed by atoms with Crippen LogP contribution >= 0.6 is 0 Å². The van der Waals surface area contributed by atoms with E-state index in [-0.39, 0.29) is 12.5 Å². The van der Waals surface area contributed by atoms with Crippen LogP contribution < -0.4 is 15.4 Å². The molecule has 3 N–H and O–H groups in total. The highest BCUT2D eigenvalue weighted by Gasteiger charge is 2.05. The number of nitrogens with one attached hydrogen (secondary N) is 2. The first-order valence-corrected chi connectivity index (χ1v) is 8.11. The summed E-state index contributed by atoms with van der Waals surface area (Å²) in [6.07, 6.45) is -0.209. The van der Waals surface area contributed by atoms with Gasteiger partial charge in [0.05, 0.1) is 6.42 Å². The number of ether oxygens (including phenoxy) is 1. The number of carbonyl (C=O) groups excluding carboxylic acids is 1. The minimum Gasteiger partial charge on any atom is -0.491 e. The lowest BCUT2D eigenvalue weighted by Gasteiger charge is -2.13. The van der Waals surface area contributed by atoms with Crippen LogP contribution in [0.1, 0.15) is 5.56 Å². The highest BCUT2D eigenvalue weighted by Crippen LogP contribution is 2.08. The number of hydrogen-bond donors (Lipinski definition) is 3. The molecule has 128 valence electrons. The van der Waals surface area contributed by atoms with Crippen molar-refractivity contribution in [3.8, 4) is 5.75 Å². The average molecular weight is 328 g/mol. The fourth-order valence-electron chi connectivity index (χ4n) is 2.17. The van der Waals surface area contributed by atoms with Crippen molar-refractivity contribution in [1.29, 1.82) is 0 Å². The number of aliphatic hydroxyl groups is 1. The summed E-state index contributed by atoms with van der Waals surface area (Å²) in [5, 5.41) is 15.8. The number of benzene rings is 2. The molecule has 0 aliphatic heterocycles. The van der Waals surface area contributed by atoms with Crippen LogP contribution in [0.3, 0.4) is 0 Å². The van der Waals surface area contributed by atoms with Gasteiger partial charge >= 0.3 is 0 Å². The SMILES string of the molecule is O=C(Cc1ccccc1)NCCNC[C@@H](O)COc1ccccc1. The van der Waals surface area contributed by atoms with Crippen LogP contribution in [-0.4, -0.2) is 43.4 Å². The van der Waals surface area contributed by atoms with Crippen molar-refractivity contribution >= 4 is 5.91 Å². The van der Waals surface area contributed by atoms with E-state index < -0.39 is 6.10 Å². The minimum atomic E-state index is -0.592. The Morgan fingerprint density at radius 3 is 2.38 bits per heavy atom. The van der Waals surface area contributed by atoms with Gasteiger partial charge in [-0.05, 0) is 17.7 Å². The van der Waals surface area contributed by atoms with Gasteiger partial charge in [0.2, 0.25) is 5.91 Å². The van der Waals surface area contributed by atoms with Gasteiger partial charge in [-0.15, -0.1) is 0 Å². The van der Waals surface area contributed by atoms with E-state index in [0.717, 1.165) is 11.3 Å². The van der Waals surface area contributed by atoms with Gasteiger partial charge in [-0.1, -0.05) is 48.5 Å². The van der Waals surface area contributed by atoms with E-state index in [2.05, 4.69) is 10.6 Å². The monoisotopic (exact) mass is 328 g/mol. The quantitative estimate of drug-likeness (QED) is 0.576. The van der Waals surface area contributed by atoms with Crippen LogP contribution in [0, 0.1) is 0 Å². The van der Waals surface area contributed by atoms with E-state index in [1.54, 1.807) is 0 Å². The number of hydrogen-bond acceptors (Lipinski definition) is 4. The third-order valence-electron chi connectivity index (χ3n) is 3.40. The Balaban J connectivity index is 1.50. The minimum absolute atomic E-state index is 0.00374. The summed E-state index contributed by atoms with van der Waals surface area (Å²) >= 11 is 0. The first-order valence-electron chi connectivity index (χ1n) is 8.11. The van der Waals surface area contributed by atoms with Crippen LogP contribution in [0.5, 0.6) is 5.75 Å². The number of rotatable bonds is 10. The molecule has 0 unspecified atom stereocenters. The van der Waals surface area contributed by atoms with Crippen LogP contribution in [-0.2, 0) is 11.2 Å². The van der Waals surface area contributed by atoms with E-state index in [0.29, 0.717) is 26.1 Å². The van der Waals surface area contributed by atoms with E-state index in [1.165, 1.54) is 0 Å². The molecule has 0 aliphatic carbocycles. The average Bonchev–Trinajstić information content (AvgIpc) is 2.61. The second kappa shape index (κ2) is 10.4. The van der Waals surface area contributed by atoms with Crippen molar-refractivity contribution in [1.82, 2.24) is 10.6 Å². The van der Waals surface area contributed by atoms with Gasteiger partial charge in [0.25, 0.3) is 0 Å². The van der Waals surface area contributed by atoms with Crippen molar-refractivity contribution < 1.29 is 14.6 Å². The molecule has 0 fully saturated rings. The highest BCUT2D eigenvalue weighted by molar-refractivity contribution is 5.78. The topological polar surface area (TPSA) is 70.6 Å². The van der Waals surface area contributed by atoms with Crippen LogP contribution in [0.25, 0.3) is 0 Å². The van der Waals surface area contributed by atoms with Gasteiger partial charge in [-0.2, -0.15) is 0 Å². The molecule has 0 radical (unpaired) electrons. The lowest BCUT2D eigenvalue weighted by molar-refractivity contribution is -0.120. The lowest BCUT2D eigenvalue weighted by atomic mass is 10.1. The van der Waals surface area contributed by atoms with Gasteiger partial charge in [0.15, 0.2) is 0 Å². The molecule has 0 aliphatic rings. The zero-order valence-electron chi connectivity index (χ0n) is 13.7. The molecule has 2 rings (SSSR count). The predicted octanol–water partition coefficient (Wildman–Crippen LogP) is 1.37. The van der Waals surface area contributed by atoms with E-state index in [4.69, 9.17) is 4.74 Å². The zero-order chi connectivity index (χ0) is 17.0. The molecule has 0 spiro atoms. The first kappa shape index (κ1) is 18.0. The molecule has 1 atom stereocenters. The summed E-state index contributed by atoms with van der Waals surface area (Å²) in [6, 6.07) is 19.0. The highest BCUT2D eigenvalue weighted by atomic mass is 16.5. The standard InChI is InChI=1S/C19H24N2O3/c22-17(15-24-18-9-5-2-6-10-18)14-20-11-12-21-19(23)13-16-7-3-1-4-8-16/h1-10,17,20,22H,11-15H2,(H,21,23)/t17-/m1/s1. The Morgan fingerprint density at radius 1 is 1.00 bits per heavy atom. The Kier molecular flexibility index (Phi) is 7.80. The van der Waals surface area contributed by atoms with Crippen molar-refractivity contribution in [3.05, 3.63) is 66.2 Å². The molecule has 24 heavy (non-hydrogen) atoms. The number of amides is 1. The van der Waals surface area contributed by atoms with Gasteiger partial charge < -0.3 is 20.5 Å². The van der Waals surface area contributed by atoms with Crippen molar-refractivity contribution in [2.75, 3.05) is 26.2 Å². The second-order valence-electron chi connectivity index (χ2n) is 5.49. The van der Waals surface area contributed by atoms with Crippen LogP contribution in [0.4, 0.5) is 0 Å². The molecular weight excluding hydrogens is 304 g/mol. The Hall–Kier alpha value is -2.37. The maximum Gasteiger partial charge on any atom is 0.224 e. The molecule has 2 aromatic carbocycles. The Morgan fingerprint density at radius 2 is 1.67 bits per heavy atom. The Bertz CT molecular complexity index is 590. The maximum atomic E-state index is 11.8. The van der Waals surface area contributed by atoms with Gasteiger partial charge in [-0.25, -0.2) is 0 Å². The van der Waals surface area contributed by atoms with E-state index in [1.807, 2.05) is 60.7 Å². The van der Waals surface area contributed by atoms with Crippen molar-refractivity contribution in [3.63, 3.8) is 0 Å². The predicted molar refractivity (Wildman–Crippen MR) is 94.0 cm³/mol. The second-order valence-corrected chi connectivity index (χ2v) is 5.49. The molecule has 5 nitrogen and oxygen atoms in total. The third kappa shape index (κ3) is 7.26. The summed E-state index contributed by atoms with van der Waals surface area (Å²) in [7, 11) is 0. The zero-order valence-corrected chi connectivity index (χ0v) is 13.7. The molecule has 0 aromatic heterocycles. The maximum absolute atomic E-state index is 11.8. The van der Waals surface area contributed by atoms with E-state index in [9.17, 15) is 9.90 Å². The van der Waals surface area contributed by atoms with Crippen LogP contribution in [0.15, 0.2) is 60.7 Å². The van der Waals surface area contributed by atoms with Gasteiger partial charge in [-0.3, -0.25) is 4.79 Å². The fraction of sp³-hybridized carbons (Fsp3) is 0.316. The molecular formula is C19H24N2O3. The van der Waals surface area contributed by atoms with Gasteiger partial charge in [0.1, 0.15) is 18.5 Å². The normalized spacial score (nSPS) is 11.7. The largest absolute Gasteiger partial charge is 0.491 e. The molecule has 0 saturated carbocycles. The molecule has 1 amide bonds.